The topological polar surface area (TPSA) is 461 Å². The Balaban J connectivity index is 1.65. The van der Waals surface area contributed by atoms with Crippen LogP contribution in [-0.2, 0) is 28.4 Å². The highest BCUT2D eigenvalue weighted by molar-refractivity contribution is 5.04. The fraction of sp³-hybridized carbons (Fsp3) is 1.00. The number of hydrogen-bond acceptors (Lipinski definition) is 19. The largest absolute Gasteiger partial charge is 0.394 e. The molecule has 19 atom stereocenters. The van der Waals surface area contributed by atoms with Gasteiger partial charge in [0, 0.05) is 24.6 Å². The van der Waals surface area contributed by atoms with Crippen molar-refractivity contribution >= 4 is 0 Å². The standard InChI is InChI=1S/C23H35N15O14/c24-34-29-2-7-13(42)15(44)10(32-37-27)21(47-7)51-19-9(4-40)49-23(17(19)46)52-20-12(41)5(30-35-25)1-6(31-36-26)18(20)50-22-11(33-38-28)16(45)14(43)8(3-39)48-22/h5-23,39-46H,1-4H2/t5-,6?,7?,8?,9-,10?,11?,12?,13-,14-,15?,16?,17?,18-,19?,20?,21-,22-,23+/m1/s1. The Bertz CT molecular complexity index is 1470. The quantitative estimate of drug-likeness (QED) is 0.0536. The zero-order valence-corrected chi connectivity index (χ0v) is 26.5. The Kier molecular flexibility index (Phi) is 14.6. The first-order valence-corrected chi connectivity index (χ1v) is 15.4. The molecule has 11 unspecified atom stereocenters. The van der Waals surface area contributed by atoms with Crippen molar-refractivity contribution in [3.05, 3.63) is 52.2 Å². The lowest BCUT2D eigenvalue weighted by molar-refractivity contribution is -0.310. The van der Waals surface area contributed by atoms with E-state index in [1.807, 2.05) is 0 Å². The van der Waals surface area contributed by atoms with Gasteiger partial charge in [0.1, 0.15) is 54.8 Å². The summed E-state index contributed by atoms with van der Waals surface area (Å²) >= 11 is 0. The highest BCUT2D eigenvalue weighted by atomic mass is 16.8. The van der Waals surface area contributed by atoms with Gasteiger partial charge < -0.3 is 69.3 Å². The molecule has 52 heavy (non-hydrogen) atoms. The van der Waals surface area contributed by atoms with Gasteiger partial charge >= 0.3 is 0 Å². The molecule has 0 amide bonds. The molecule has 3 saturated heterocycles. The van der Waals surface area contributed by atoms with E-state index in [-0.39, 0.29) is 6.42 Å². The van der Waals surface area contributed by atoms with Crippen molar-refractivity contribution in [2.45, 2.75) is 123 Å². The van der Waals surface area contributed by atoms with Crippen molar-refractivity contribution in [1.82, 2.24) is 0 Å². The first kappa shape index (κ1) is 40.8. The van der Waals surface area contributed by atoms with Crippen LogP contribution in [-0.4, -0.2) is 177 Å². The third-order valence-corrected chi connectivity index (χ3v) is 8.87. The number of hydrogen-bond donors (Lipinski definition) is 8. The van der Waals surface area contributed by atoms with E-state index in [4.69, 9.17) is 50.5 Å². The summed E-state index contributed by atoms with van der Waals surface area (Å²) in [5.74, 6) is 0. The molecule has 29 heteroatoms. The molecule has 29 nitrogen and oxygen atoms in total. The van der Waals surface area contributed by atoms with Crippen LogP contribution in [0.25, 0.3) is 52.2 Å². The zero-order valence-electron chi connectivity index (χ0n) is 26.5. The molecule has 0 aromatic carbocycles. The van der Waals surface area contributed by atoms with E-state index < -0.39 is 136 Å². The lowest BCUT2D eigenvalue weighted by Crippen LogP contribution is -2.63. The van der Waals surface area contributed by atoms with E-state index in [2.05, 4.69) is 50.1 Å². The Hall–Kier alpha value is -4.01. The lowest BCUT2D eigenvalue weighted by atomic mass is 9.84. The summed E-state index contributed by atoms with van der Waals surface area (Å²) in [6.45, 7) is -2.21. The normalized spacial score (nSPS) is 44.5. The zero-order chi connectivity index (χ0) is 38.1. The second kappa shape index (κ2) is 18.7. The molecular weight excluding hydrogens is 710 g/mol. The average molecular weight is 746 g/mol. The monoisotopic (exact) mass is 745 g/mol. The third kappa shape index (κ3) is 8.61. The second-order valence-electron chi connectivity index (χ2n) is 11.8. The Morgan fingerprint density at radius 2 is 0.981 bits per heavy atom. The van der Waals surface area contributed by atoms with Gasteiger partial charge in [-0.3, -0.25) is 0 Å². The maximum atomic E-state index is 11.3. The van der Waals surface area contributed by atoms with E-state index in [9.17, 15) is 46.4 Å². The summed E-state index contributed by atoms with van der Waals surface area (Å²) in [7, 11) is 0. The Labute approximate surface area is 289 Å². The van der Waals surface area contributed by atoms with E-state index in [0.29, 0.717) is 0 Å². The van der Waals surface area contributed by atoms with Gasteiger partial charge in [-0.1, -0.05) is 25.6 Å². The van der Waals surface area contributed by atoms with Crippen molar-refractivity contribution in [2.75, 3.05) is 19.8 Å². The fourth-order valence-corrected chi connectivity index (χ4v) is 6.28. The molecular formula is C23H35N15O14. The van der Waals surface area contributed by atoms with Gasteiger partial charge in [0.25, 0.3) is 0 Å². The van der Waals surface area contributed by atoms with Gasteiger partial charge in [-0.25, -0.2) is 0 Å². The van der Waals surface area contributed by atoms with Gasteiger partial charge in [0.2, 0.25) is 0 Å². The number of rotatable bonds is 14. The summed E-state index contributed by atoms with van der Waals surface area (Å²) in [6, 6.07) is -6.05. The third-order valence-electron chi connectivity index (χ3n) is 8.87. The summed E-state index contributed by atoms with van der Waals surface area (Å²) in [6.07, 6.45) is -26.0. The molecule has 3 aliphatic heterocycles. The number of aliphatic hydroxyl groups excluding tert-OH is 8. The molecule has 3 heterocycles. The molecule has 0 aromatic heterocycles. The maximum Gasteiger partial charge on any atom is 0.187 e. The predicted octanol–water partition coefficient (Wildman–Crippen LogP) is -2.10. The number of ether oxygens (including phenoxy) is 6. The predicted molar refractivity (Wildman–Crippen MR) is 161 cm³/mol. The van der Waals surface area contributed by atoms with Crippen LogP contribution in [0.15, 0.2) is 25.6 Å². The van der Waals surface area contributed by atoms with Gasteiger partial charge in [0.05, 0.1) is 62.4 Å². The van der Waals surface area contributed by atoms with E-state index >= 15 is 0 Å². The molecule has 1 saturated carbocycles. The van der Waals surface area contributed by atoms with Crippen molar-refractivity contribution in [2.24, 2.45) is 25.6 Å². The maximum absolute atomic E-state index is 11.3. The van der Waals surface area contributed by atoms with Gasteiger partial charge in [0.15, 0.2) is 18.9 Å². The minimum Gasteiger partial charge on any atom is -0.394 e. The molecule has 4 rings (SSSR count). The lowest BCUT2D eigenvalue weighted by Gasteiger charge is -2.46. The van der Waals surface area contributed by atoms with E-state index in [1.165, 1.54) is 0 Å². The average Bonchev–Trinajstić information content (AvgIpc) is 3.43. The van der Waals surface area contributed by atoms with E-state index in [0.717, 1.165) is 0 Å². The van der Waals surface area contributed by atoms with Crippen molar-refractivity contribution in [1.29, 1.82) is 0 Å². The van der Waals surface area contributed by atoms with Gasteiger partial charge in [-0.2, -0.15) is 0 Å². The molecule has 4 aliphatic rings. The summed E-state index contributed by atoms with van der Waals surface area (Å²) in [4.78, 5) is 13.2. The molecule has 0 bridgehead atoms. The number of aliphatic hydroxyl groups is 8. The molecule has 4 fully saturated rings. The van der Waals surface area contributed by atoms with Crippen LogP contribution in [0.2, 0.25) is 0 Å². The summed E-state index contributed by atoms with van der Waals surface area (Å²) in [5.41, 5.74) is 45.3. The molecule has 1 aliphatic carbocycles. The van der Waals surface area contributed by atoms with Crippen molar-refractivity contribution in [3.8, 4) is 0 Å². The minimum absolute atomic E-state index is 0.364. The summed E-state index contributed by atoms with van der Waals surface area (Å²) < 4.78 is 34.4. The van der Waals surface area contributed by atoms with Crippen LogP contribution in [0.3, 0.4) is 0 Å². The Morgan fingerprint density at radius 1 is 0.500 bits per heavy atom. The Morgan fingerprint density at radius 3 is 1.52 bits per heavy atom. The second-order valence-corrected chi connectivity index (χ2v) is 11.8. The van der Waals surface area contributed by atoms with Gasteiger partial charge in [-0.05, 0) is 34.1 Å². The number of nitrogens with zero attached hydrogens (tertiary/aromatic N) is 15. The molecule has 0 spiro atoms. The first-order chi connectivity index (χ1) is 25.0. The van der Waals surface area contributed by atoms with Crippen LogP contribution in [0.1, 0.15) is 6.42 Å². The molecule has 0 radical (unpaired) electrons. The SMILES string of the molecule is [N-]=[N+]=NCC1O[C@H](OC2C(O)[C@H](OC3C(O)[C@H](N=[N+]=[N-])CC(N=[N+]=[N-])[C@H]3O[C@H]3OC(CO)[C@@H](O)C(O)C3N=[N+]=[N-])O[C@@H]2CO)C(N=[N+]=[N-])C(O)[C@@H]1O. The van der Waals surface area contributed by atoms with Crippen LogP contribution in [0, 0.1) is 0 Å². The molecule has 8 N–H and O–H groups in total. The van der Waals surface area contributed by atoms with E-state index in [1.54, 1.807) is 0 Å². The summed E-state index contributed by atoms with van der Waals surface area (Å²) in [5, 5.41) is 102. The van der Waals surface area contributed by atoms with Crippen molar-refractivity contribution < 1.29 is 69.3 Å². The van der Waals surface area contributed by atoms with Gasteiger partial charge in [-0.15, -0.1) is 0 Å². The highest BCUT2D eigenvalue weighted by Gasteiger charge is 2.55. The smallest absolute Gasteiger partial charge is 0.187 e. The molecule has 0 aromatic rings. The van der Waals surface area contributed by atoms with Crippen LogP contribution >= 0.6 is 0 Å². The van der Waals surface area contributed by atoms with Crippen LogP contribution in [0.5, 0.6) is 0 Å². The van der Waals surface area contributed by atoms with Crippen molar-refractivity contribution in [3.63, 3.8) is 0 Å². The van der Waals surface area contributed by atoms with Crippen LogP contribution < -0.4 is 0 Å². The minimum atomic E-state index is -1.92. The molecule has 286 valence electrons. The fourth-order valence-electron chi connectivity index (χ4n) is 6.28. The number of azide groups is 5. The first-order valence-electron chi connectivity index (χ1n) is 15.4. The highest BCUT2D eigenvalue weighted by Crippen LogP contribution is 2.37. The van der Waals surface area contributed by atoms with Crippen LogP contribution in [0.4, 0.5) is 0 Å².